The smallest absolute Gasteiger partial charge is 0.177 e. The Morgan fingerprint density at radius 2 is 2.00 bits per heavy atom. The molecule has 2 unspecified atom stereocenters. The van der Waals surface area contributed by atoms with Gasteiger partial charge in [-0.05, 0) is 24.5 Å². The predicted octanol–water partition coefficient (Wildman–Crippen LogP) is 2.54. The van der Waals surface area contributed by atoms with Gasteiger partial charge in [-0.2, -0.15) is 0 Å². The molecule has 1 heterocycles. The number of piperidine rings is 1. The zero-order valence-corrected chi connectivity index (χ0v) is 12.2. The van der Waals surface area contributed by atoms with E-state index >= 15 is 0 Å². The molecule has 3 nitrogen and oxygen atoms in total. The SMILES string of the molecule is CC1CN(c2ccccc2S(C)(=O)=O)CCC1Cl. The molecule has 0 N–H and O–H groups in total. The van der Waals surface area contributed by atoms with Crippen LogP contribution in [0.5, 0.6) is 0 Å². The number of sulfone groups is 1. The molecule has 2 rings (SSSR count). The predicted molar refractivity (Wildman–Crippen MR) is 75.2 cm³/mol. The highest BCUT2D eigenvalue weighted by atomic mass is 35.5. The molecule has 0 radical (unpaired) electrons. The van der Waals surface area contributed by atoms with Crippen molar-refractivity contribution >= 4 is 27.1 Å². The molecule has 1 aromatic carbocycles. The minimum atomic E-state index is -3.19. The lowest BCUT2D eigenvalue weighted by Gasteiger charge is -2.36. The molecular formula is C13H18ClNO2S. The Morgan fingerprint density at radius 1 is 1.33 bits per heavy atom. The first-order chi connectivity index (χ1) is 8.39. The van der Waals surface area contributed by atoms with Crippen LogP contribution in [0.2, 0.25) is 0 Å². The first-order valence-electron chi connectivity index (χ1n) is 6.07. The van der Waals surface area contributed by atoms with Gasteiger partial charge < -0.3 is 4.90 Å². The van der Waals surface area contributed by atoms with Crippen LogP contribution in [0.1, 0.15) is 13.3 Å². The molecule has 1 fully saturated rings. The van der Waals surface area contributed by atoms with Crippen molar-refractivity contribution < 1.29 is 8.42 Å². The molecule has 0 aliphatic carbocycles. The van der Waals surface area contributed by atoms with E-state index in [0.717, 1.165) is 25.2 Å². The second kappa shape index (κ2) is 5.10. The van der Waals surface area contributed by atoms with Gasteiger partial charge in [0.25, 0.3) is 0 Å². The lowest BCUT2D eigenvalue weighted by Crippen LogP contribution is -2.40. The van der Waals surface area contributed by atoms with Gasteiger partial charge in [-0.3, -0.25) is 0 Å². The van der Waals surface area contributed by atoms with Crippen LogP contribution in [-0.4, -0.2) is 33.1 Å². The molecule has 18 heavy (non-hydrogen) atoms. The standard InChI is InChI=1S/C13H18ClNO2S/c1-10-9-15(8-7-11(10)14)12-5-3-4-6-13(12)18(2,16)17/h3-6,10-11H,7-9H2,1-2H3. The van der Waals surface area contributed by atoms with Crippen molar-refractivity contribution in [2.75, 3.05) is 24.2 Å². The van der Waals surface area contributed by atoms with Crippen LogP contribution < -0.4 is 4.90 Å². The molecule has 100 valence electrons. The van der Waals surface area contributed by atoms with Crippen molar-refractivity contribution in [1.29, 1.82) is 0 Å². The maximum atomic E-state index is 11.8. The number of alkyl halides is 1. The summed E-state index contributed by atoms with van der Waals surface area (Å²) in [7, 11) is -3.19. The third-order valence-electron chi connectivity index (χ3n) is 3.41. The molecule has 1 aliphatic heterocycles. The minimum Gasteiger partial charge on any atom is -0.370 e. The Hall–Kier alpha value is -0.740. The van der Waals surface area contributed by atoms with E-state index in [-0.39, 0.29) is 5.38 Å². The molecule has 1 saturated heterocycles. The molecule has 0 saturated carbocycles. The lowest BCUT2D eigenvalue weighted by molar-refractivity contribution is 0.453. The quantitative estimate of drug-likeness (QED) is 0.785. The number of benzene rings is 1. The van der Waals surface area contributed by atoms with Crippen molar-refractivity contribution in [1.82, 2.24) is 0 Å². The van der Waals surface area contributed by atoms with Gasteiger partial charge in [0.1, 0.15) is 0 Å². The summed E-state index contributed by atoms with van der Waals surface area (Å²) in [6.45, 7) is 3.72. The number of hydrogen-bond acceptors (Lipinski definition) is 3. The highest BCUT2D eigenvalue weighted by Gasteiger charge is 2.27. The molecule has 2 atom stereocenters. The van der Waals surface area contributed by atoms with Gasteiger partial charge in [-0.1, -0.05) is 19.1 Å². The van der Waals surface area contributed by atoms with Crippen LogP contribution in [0, 0.1) is 5.92 Å². The van der Waals surface area contributed by atoms with Gasteiger partial charge in [0.05, 0.1) is 10.6 Å². The monoisotopic (exact) mass is 287 g/mol. The summed E-state index contributed by atoms with van der Waals surface area (Å²) >= 11 is 6.20. The van der Waals surface area contributed by atoms with Crippen LogP contribution in [-0.2, 0) is 9.84 Å². The van der Waals surface area contributed by atoms with Gasteiger partial charge in [0.2, 0.25) is 0 Å². The zero-order chi connectivity index (χ0) is 13.3. The van der Waals surface area contributed by atoms with Crippen molar-refractivity contribution in [2.45, 2.75) is 23.6 Å². The number of anilines is 1. The Kier molecular flexibility index (Phi) is 3.87. The van der Waals surface area contributed by atoms with E-state index in [9.17, 15) is 8.42 Å². The van der Waals surface area contributed by atoms with Crippen molar-refractivity contribution in [3.8, 4) is 0 Å². The third kappa shape index (κ3) is 2.81. The number of halogens is 1. The summed E-state index contributed by atoms with van der Waals surface area (Å²) in [4.78, 5) is 2.53. The minimum absolute atomic E-state index is 0.187. The number of rotatable bonds is 2. The van der Waals surface area contributed by atoms with Crippen LogP contribution in [0.15, 0.2) is 29.2 Å². The number of nitrogens with zero attached hydrogens (tertiary/aromatic N) is 1. The second-order valence-corrected chi connectivity index (χ2v) is 7.51. The largest absolute Gasteiger partial charge is 0.370 e. The number of para-hydroxylation sites is 1. The summed E-state index contributed by atoms with van der Waals surface area (Å²) < 4.78 is 23.6. The van der Waals surface area contributed by atoms with Gasteiger partial charge in [-0.15, -0.1) is 11.6 Å². The molecule has 0 amide bonds. The van der Waals surface area contributed by atoms with Crippen molar-refractivity contribution in [3.63, 3.8) is 0 Å². The first-order valence-corrected chi connectivity index (χ1v) is 8.40. The molecule has 5 heteroatoms. The molecular weight excluding hydrogens is 270 g/mol. The van der Waals surface area contributed by atoms with E-state index in [1.165, 1.54) is 6.26 Å². The van der Waals surface area contributed by atoms with E-state index in [2.05, 4.69) is 11.8 Å². The maximum absolute atomic E-state index is 11.8. The first kappa shape index (κ1) is 13.7. The molecule has 1 aliphatic rings. The highest BCUT2D eigenvalue weighted by molar-refractivity contribution is 7.90. The van der Waals surface area contributed by atoms with E-state index in [4.69, 9.17) is 11.6 Å². The van der Waals surface area contributed by atoms with Crippen molar-refractivity contribution in [2.24, 2.45) is 5.92 Å². The topological polar surface area (TPSA) is 37.4 Å². The van der Waals surface area contributed by atoms with E-state index < -0.39 is 9.84 Å². The van der Waals surface area contributed by atoms with Crippen molar-refractivity contribution in [3.05, 3.63) is 24.3 Å². The van der Waals surface area contributed by atoms with Gasteiger partial charge >= 0.3 is 0 Å². The zero-order valence-electron chi connectivity index (χ0n) is 10.6. The fourth-order valence-corrected chi connectivity index (χ4v) is 3.45. The average molecular weight is 288 g/mol. The Bertz CT molecular complexity index is 530. The van der Waals surface area contributed by atoms with Crippen LogP contribution in [0.4, 0.5) is 5.69 Å². The van der Waals surface area contributed by atoms with E-state index in [1.807, 2.05) is 12.1 Å². The van der Waals surface area contributed by atoms with Gasteiger partial charge in [0, 0.05) is 24.7 Å². The molecule has 1 aromatic rings. The number of hydrogen-bond donors (Lipinski definition) is 0. The Morgan fingerprint density at radius 3 is 2.61 bits per heavy atom. The molecule has 0 aromatic heterocycles. The van der Waals surface area contributed by atoms with E-state index in [1.54, 1.807) is 12.1 Å². The summed E-state index contributed by atoms with van der Waals surface area (Å²) in [5.74, 6) is 0.369. The molecule has 0 spiro atoms. The lowest BCUT2D eigenvalue weighted by atomic mass is 9.99. The normalized spacial score (nSPS) is 25.2. The van der Waals surface area contributed by atoms with Gasteiger partial charge in [-0.25, -0.2) is 8.42 Å². The third-order valence-corrected chi connectivity index (χ3v) is 5.20. The fraction of sp³-hybridized carbons (Fsp3) is 0.538. The summed E-state index contributed by atoms with van der Waals surface area (Å²) in [6.07, 6.45) is 2.14. The summed E-state index contributed by atoms with van der Waals surface area (Å²) in [5.41, 5.74) is 0.801. The molecule has 0 bridgehead atoms. The van der Waals surface area contributed by atoms with Crippen LogP contribution in [0.3, 0.4) is 0 Å². The van der Waals surface area contributed by atoms with Crippen LogP contribution >= 0.6 is 11.6 Å². The van der Waals surface area contributed by atoms with E-state index in [0.29, 0.717) is 10.8 Å². The second-order valence-electron chi connectivity index (χ2n) is 4.97. The Labute approximate surface area is 114 Å². The van der Waals surface area contributed by atoms with Crippen LogP contribution in [0.25, 0.3) is 0 Å². The van der Waals surface area contributed by atoms with Gasteiger partial charge in [0.15, 0.2) is 9.84 Å². The maximum Gasteiger partial charge on any atom is 0.177 e. The highest BCUT2D eigenvalue weighted by Crippen LogP contribution is 2.30. The Balaban J connectivity index is 2.35. The summed E-state index contributed by atoms with van der Waals surface area (Å²) in [5, 5.41) is 0.187. The summed E-state index contributed by atoms with van der Waals surface area (Å²) in [6, 6.07) is 7.18. The average Bonchev–Trinajstić information content (AvgIpc) is 2.32. The fourth-order valence-electron chi connectivity index (χ4n) is 2.37.